The molecule has 17 heavy (non-hydrogen) atoms. The van der Waals surface area contributed by atoms with Gasteiger partial charge in [0.1, 0.15) is 0 Å². The first-order valence-electron chi connectivity index (χ1n) is 5.36. The Labute approximate surface area is 106 Å². The van der Waals surface area contributed by atoms with Gasteiger partial charge in [0.15, 0.2) is 9.84 Å². The number of hydrogen-bond donors (Lipinski definition) is 2. The molecular formula is C11H15ClN2O2S. The van der Waals surface area contributed by atoms with Crippen molar-refractivity contribution in [1.82, 2.24) is 0 Å². The van der Waals surface area contributed by atoms with Crippen molar-refractivity contribution in [3.8, 4) is 0 Å². The van der Waals surface area contributed by atoms with Gasteiger partial charge in [-0.1, -0.05) is 11.6 Å². The van der Waals surface area contributed by atoms with Gasteiger partial charge in [-0.15, -0.1) is 0 Å². The third-order valence-corrected chi connectivity index (χ3v) is 6.04. The highest BCUT2D eigenvalue weighted by atomic mass is 35.5. The molecule has 0 aliphatic heterocycles. The molecule has 1 saturated carbocycles. The fraction of sp³-hybridized carbons (Fsp3) is 0.455. The summed E-state index contributed by atoms with van der Waals surface area (Å²) in [5.41, 5.74) is 10.8. The van der Waals surface area contributed by atoms with Crippen LogP contribution in [0.1, 0.15) is 6.42 Å². The maximum absolute atomic E-state index is 12.3. The summed E-state index contributed by atoms with van der Waals surface area (Å²) >= 11 is 5.73. The lowest BCUT2D eigenvalue weighted by Gasteiger charge is -2.12. The summed E-state index contributed by atoms with van der Waals surface area (Å²) in [7, 11) is -3.33. The number of hydrogen-bond acceptors (Lipinski definition) is 4. The Hall–Kier alpha value is -0.620. The molecule has 0 unspecified atom stereocenters. The van der Waals surface area contributed by atoms with Crippen LogP contribution in [0.2, 0.25) is 5.02 Å². The third kappa shape index (κ3) is 2.08. The molecule has 0 amide bonds. The second-order valence-corrected chi connectivity index (χ2v) is 7.03. The van der Waals surface area contributed by atoms with Crippen LogP contribution in [0.5, 0.6) is 0 Å². The van der Waals surface area contributed by atoms with E-state index in [0.717, 1.165) is 0 Å². The van der Waals surface area contributed by atoms with Gasteiger partial charge in [-0.2, -0.15) is 0 Å². The number of halogens is 1. The Balaban J connectivity index is 2.30. The highest BCUT2D eigenvalue weighted by Gasteiger charge is 2.59. The van der Waals surface area contributed by atoms with E-state index in [1.165, 1.54) is 12.1 Å². The van der Waals surface area contributed by atoms with E-state index in [-0.39, 0.29) is 4.90 Å². The minimum Gasteiger partial charge on any atom is -0.330 e. The van der Waals surface area contributed by atoms with E-state index < -0.39 is 20.5 Å². The second-order valence-electron chi connectivity index (χ2n) is 4.46. The smallest absolute Gasteiger partial charge is 0.181 e. The summed E-state index contributed by atoms with van der Waals surface area (Å²) in [6.45, 7) is 0.613. The summed E-state index contributed by atoms with van der Waals surface area (Å²) in [5.74, 6) is 0. The minimum atomic E-state index is -3.33. The molecule has 1 aliphatic carbocycles. The van der Waals surface area contributed by atoms with Crippen LogP contribution in [0.15, 0.2) is 29.2 Å². The molecule has 1 aromatic carbocycles. The quantitative estimate of drug-likeness (QED) is 0.850. The van der Waals surface area contributed by atoms with Crippen LogP contribution >= 0.6 is 11.6 Å². The van der Waals surface area contributed by atoms with Crippen LogP contribution < -0.4 is 11.5 Å². The molecule has 94 valence electrons. The minimum absolute atomic E-state index is 0.288. The molecule has 0 saturated heterocycles. The largest absolute Gasteiger partial charge is 0.330 e. The van der Waals surface area contributed by atoms with Gasteiger partial charge in [0.2, 0.25) is 0 Å². The SMILES string of the molecule is NCC1(CN)C[C@H]1S(=O)(=O)c1ccc(Cl)cc1. The van der Waals surface area contributed by atoms with Crippen molar-refractivity contribution in [2.24, 2.45) is 16.9 Å². The van der Waals surface area contributed by atoms with Crippen LogP contribution in [0.4, 0.5) is 0 Å². The summed E-state index contributed by atoms with van der Waals surface area (Å²) in [6.07, 6.45) is 0.547. The Morgan fingerprint density at radius 2 is 1.76 bits per heavy atom. The molecule has 1 aliphatic rings. The molecule has 4 N–H and O–H groups in total. The van der Waals surface area contributed by atoms with Crippen molar-refractivity contribution >= 4 is 21.4 Å². The van der Waals surface area contributed by atoms with Crippen LogP contribution in [0, 0.1) is 5.41 Å². The zero-order valence-corrected chi connectivity index (χ0v) is 10.8. The normalized spacial score (nSPS) is 22.4. The summed E-state index contributed by atoms with van der Waals surface area (Å²) in [5, 5.41) is 0.0647. The highest BCUT2D eigenvalue weighted by molar-refractivity contribution is 7.92. The maximum Gasteiger partial charge on any atom is 0.181 e. The Kier molecular flexibility index (Phi) is 3.20. The molecule has 6 heteroatoms. The van der Waals surface area contributed by atoms with Crippen LogP contribution in [0.25, 0.3) is 0 Å². The Bertz CT molecular complexity index is 509. The highest BCUT2D eigenvalue weighted by Crippen LogP contribution is 2.51. The van der Waals surface area contributed by atoms with Crippen LogP contribution in [0.3, 0.4) is 0 Å². The summed E-state index contributed by atoms with van der Waals surface area (Å²) in [6, 6.07) is 6.19. The topological polar surface area (TPSA) is 86.2 Å². The van der Waals surface area contributed by atoms with Gasteiger partial charge < -0.3 is 11.5 Å². The summed E-state index contributed by atoms with van der Waals surface area (Å²) < 4.78 is 24.6. The fourth-order valence-corrected chi connectivity index (χ4v) is 4.42. The molecule has 0 aromatic heterocycles. The molecule has 1 fully saturated rings. The monoisotopic (exact) mass is 274 g/mol. The first-order chi connectivity index (χ1) is 7.96. The van der Waals surface area contributed by atoms with E-state index in [9.17, 15) is 8.42 Å². The van der Waals surface area contributed by atoms with E-state index in [0.29, 0.717) is 24.5 Å². The molecule has 0 bridgehead atoms. The lowest BCUT2D eigenvalue weighted by molar-refractivity contribution is 0.525. The van der Waals surface area contributed by atoms with Gasteiger partial charge in [-0.25, -0.2) is 8.42 Å². The predicted molar refractivity (Wildman–Crippen MR) is 67.6 cm³/mol. The van der Waals surface area contributed by atoms with Crippen molar-refractivity contribution in [2.75, 3.05) is 13.1 Å². The number of rotatable bonds is 4. The first kappa shape index (κ1) is 12.8. The van der Waals surface area contributed by atoms with Crippen molar-refractivity contribution in [2.45, 2.75) is 16.6 Å². The van der Waals surface area contributed by atoms with Crippen molar-refractivity contribution in [3.63, 3.8) is 0 Å². The fourth-order valence-electron chi connectivity index (χ4n) is 2.05. The average Bonchev–Trinajstić information content (AvgIpc) is 3.06. The van der Waals surface area contributed by atoms with Gasteiger partial charge in [0.25, 0.3) is 0 Å². The van der Waals surface area contributed by atoms with Gasteiger partial charge >= 0.3 is 0 Å². The standard InChI is InChI=1S/C11H15ClN2O2S/c12-8-1-3-9(4-2-8)17(15,16)10-5-11(10,6-13)7-14/h1-4,10H,5-7,13-14H2/t10-/m1/s1. The van der Waals surface area contributed by atoms with Crippen LogP contribution in [-0.4, -0.2) is 26.8 Å². The maximum atomic E-state index is 12.3. The van der Waals surface area contributed by atoms with Gasteiger partial charge in [0.05, 0.1) is 10.1 Å². The lowest BCUT2D eigenvalue weighted by atomic mass is 10.1. The average molecular weight is 275 g/mol. The number of benzene rings is 1. The molecule has 1 atom stereocenters. The van der Waals surface area contributed by atoms with Crippen molar-refractivity contribution in [3.05, 3.63) is 29.3 Å². The second kappa shape index (κ2) is 4.24. The van der Waals surface area contributed by atoms with E-state index in [4.69, 9.17) is 23.1 Å². The van der Waals surface area contributed by atoms with Gasteiger partial charge in [0, 0.05) is 23.5 Å². The van der Waals surface area contributed by atoms with E-state index >= 15 is 0 Å². The number of sulfone groups is 1. The van der Waals surface area contributed by atoms with E-state index in [1.54, 1.807) is 12.1 Å². The van der Waals surface area contributed by atoms with E-state index in [2.05, 4.69) is 0 Å². The summed E-state index contributed by atoms with van der Waals surface area (Å²) in [4.78, 5) is 0.288. The van der Waals surface area contributed by atoms with Gasteiger partial charge in [-0.05, 0) is 30.7 Å². The lowest BCUT2D eigenvalue weighted by Crippen LogP contribution is -2.31. The Morgan fingerprint density at radius 3 is 2.18 bits per heavy atom. The van der Waals surface area contributed by atoms with Crippen molar-refractivity contribution in [1.29, 1.82) is 0 Å². The molecule has 0 spiro atoms. The molecule has 1 aromatic rings. The number of nitrogens with two attached hydrogens (primary N) is 2. The zero-order valence-electron chi connectivity index (χ0n) is 9.27. The van der Waals surface area contributed by atoms with Gasteiger partial charge in [-0.3, -0.25) is 0 Å². The first-order valence-corrected chi connectivity index (χ1v) is 7.28. The van der Waals surface area contributed by atoms with Crippen LogP contribution in [-0.2, 0) is 9.84 Å². The molecule has 0 heterocycles. The molecule has 2 rings (SSSR count). The Morgan fingerprint density at radius 1 is 1.24 bits per heavy atom. The molecule has 4 nitrogen and oxygen atoms in total. The van der Waals surface area contributed by atoms with Crippen molar-refractivity contribution < 1.29 is 8.42 Å². The predicted octanol–water partition coefficient (Wildman–Crippen LogP) is 0.790. The molecule has 0 radical (unpaired) electrons. The zero-order chi connectivity index (χ0) is 12.7. The molecular weight excluding hydrogens is 260 g/mol. The third-order valence-electron chi connectivity index (χ3n) is 3.44. The van der Waals surface area contributed by atoms with E-state index in [1.807, 2.05) is 0 Å².